The molecule has 0 fully saturated rings. The highest BCUT2D eigenvalue weighted by atomic mass is 15.0. The second-order valence-electron chi connectivity index (χ2n) is 3.68. The van der Waals surface area contributed by atoms with Crippen LogP contribution in [-0.4, -0.2) is 21.5 Å². The number of pyridine rings is 1. The van der Waals surface area contributed by atoms with E-state index in [0.29, 0.717) is 0 Å². The van der Waals surface area contributed by atoms with Gasteiger partial charge in [0.25, 0.3) is 0 Å². The summed E-state index contributed by atoms with van der Waals surface area (Å²) >= 11 is 0. The topological polar surface area (TPSA) is 50.7 Å². The largest absolute Gasteiger partial charge is 0.370 e. The molecule has 0 spiro atoms. The molecule has 0 radical (unpaired) electrons. The molecule has 0 bridgehead atoms. The van der Waals surface area contributed by atoms with Crippen LogP contribution in [0, 0.1) is 0 Å². The van der Waals surface area contributed by atoms with Gasteiger partial charge in [-0.3, -0.25) is 4.98 Å². The van der Waals surface area contributed by atoms with Crippen molar-refractivity contribution in [2.24, 2.45) is 0 Å². The van der Waals surface area contributed by atoms with Crippen LogP contribution >= 0.6 is 0 Å². The Morgan fingerprint density at radius 3 is 2.76 bits per heavy atom. The first-order valence-corrected chi connectivity index (χ1v) is 5.85. The lowest BCUT2D eigenvalue weighted by Gasteiger charge is -2.07. The molecule has 4 nitrogen and oxygen atoms in total. The van der Waals surface area contributed by atoms with Gasteiger partial charge in [0.15, 0.2) is 0 Å². The van der Waals surface area contributed by atoms with E-state index in [0.717, 1.165) is 35.9 Å². The normalized spacial score (nSPS) is 10.2. The van der Waals surface area contributed by atoms with E-state index in [1.165, 1.54) is 0 Å². The van der Waals surface area contributed by atoms with Crippen LogP contribution in [0.15, 0.2) is 30.6 Å². The van der Waals surface area contributed by atoms with E-state index in [-0.39, 0.29) is 0 Å². The Labute approximate surface area is 101 Å². The molecule has 0 saturated heterocycles. The van der Waals surface area contributed by atoms with Gasteiger partial charge < -0.3 is 5.32 Å². The fourth-order valence-corrected chi connectivity index (χ4v) is 1.59. The number of hydrogen-bond acceptors (Lipinski definition) is 4. The van der Waals surface area contributed by atoms with Gasteiger partial charge in [0.05, 0.1) is 5.69 Å². The van der Waals surface area contributed by atoms with Crippen LogP contribution in [0.2, 0.25) is 0 Å². The molecule has 0 aliphatic carbocycles. The Kier molecular flexibility index (Phi) is 3.65. The zero-order valence-corrected chi connectivity index (χ0v) is 10.1. The summed E-state index contributed by atoms with van der Waals surface area (Å²) in [5.41, 5.74) is 1.93. The van der Waals surface area contributed by atoms with Gasteiger partial charge in [0.2, 0.25) is 0 Å². The molecular formula is C13H16N4. The predicted molar refractivity (Wildman–Crippen MR) is 68.8 cm³/mol. The highest BCUT2D eigenvalue weighted by Gasteiger charge is 2.05. The van der Waals surface area contributed by atoms with Crippen molar-refractivity contribution in [3.05, 3.63) is 36.4 Å². The fourth-order valence-electron chi connectivity index (χ4n) is 1.59. The van der Waals surface area contributed by atoms with Crippen molar-refractivity contribution in [2.45, 2.75) is 20.3 Å². The number of aryl methyl sites for hydroxylation is 1. The first kappa shape index (κ1) is 11.5. The summed E-state index contributed by atoms with van der Waals surface area (Å²) < 4.78 is 0. The summed E-state index contributed by atoms with van der Waals surface area (Å²) in [6.45, 7) is 4.96. The lowest BCUT2D eigenvalue weighted by atomic mass is 10.2. The molecule has 0 saturated carbocycles. The molecule has 0 atom stereocenters. The minimum atomic E-state index is 0.826. The second-order valence-corrected chi connectivity index (χ2v) is 3.68. The quantitative estimate of drug-likeness (QED) is 0.873. The van der Waals surface area contributed by atoms with Crippen molar-refractivity contribution in [2.75, 3.05) is 11.9 Å². The summed E-state index contributed by atoms with van der Waals surface area (Å²) in [6.07, 6.45) is 4.40. The predicted octanol–water partition coefficient (Wildman–Crippen LogP) is 2.53. The van der Waals surface area contributed by atoms with E-state index in [4.69, 9.17) is 0 Å². The highest BCUT2D eigenvalue weighted by Crippen LogP contribution is 2.18. The molecule has 1 N–H and O–H groups in total. The molecular weight excluding hydrogens is 212 g/mol. The second kappa shape index (κ2) is 5.39. The van der Waals surface area contributed by atoms with Crippen molar-refractivity contribution in [3.8, 4) is 11.3 Å². The molecule has 2 aromatic rings. The van der Waals surface area contributed by atoms with Gasteiger partial charge in [0, 0.05) is 37.0 Å². The number of anilines is 1. The van der Waals surface area contributed by atoms with Crippen LogP contribution in [0.25, 0.3) is 11.3 Å². The van der Waals surface area contributed by atoms with Crippen molar-refractivity contribution in [1.29, 1.82) is 0 Å². The van der Waals surface area contributed by atoms with E-state index >= 15 is 0 Å². The first-order valence-electron chi connectivity index (χ1n) is 5.85. The zero-order valence-electron chi connectivity index (χ0n) is 10.1. The van der Waals surface area contributed by atoms with Gasteiger partial charge in [-0.25, -0.2) is 9.97 Å². The first-order chi connectivity index (χ1) is 8.33. The number of hydrogen-bond donors (Lipinski definition) is 1. The van der Waals surface area contributed by atoms with E-state index in [9.17, 15) is 0 Å². The zero-order chi connectivity index (χ0) is 12.1. The Bertz CT molecular complexity index is 482. The summed E-state index contributed by atoms with van der Waals surface area (Å²) in [5.74, 6) is 1.72. The SMILES string of the molecule is CCNc1cc(-c2cccnc2)nc(CC)n1. The molecule has 0 aliphatic heterocycles. The van der Waals surface area contributed by atoms with Crippen LogP contribution in [0.4, 0.5) is 5.82 Å². The molecule has 2 heterocycles. The minimum Gasteiger partial charge on any atom is -0.370 e. The average molecular weight is 228 g/mol. The fraction of sp³-hybridized carbons (Fsp3) is 0.308. The molecule has 0 amide bonds. The Balaban J connectivity index is 2.43. The lowest BCUT2D eigenvalue weighted by molar-refractivity contribution is 0.939. The maximum absolute atomic E-state index is 4.51. The lowest BCUT2D eigenvalue weighted by Crippen LogP contribution is -2.04. The van der Waals surface area contributed by atoms with Gasteiger partial charge in [-0.15, -0.1) is 0 Å². The molecule has 2 rings (SSSR count). The van der Waals surface area contributed by atoms with Gasteiger partial charge in [-0.2, -0.15) is 0 Å². The molecule has 4 heteroatoms. The van der Waals surface area contributed by atoms with Crippen molar-refractivity contribution in [1.82, 2.24) is 15.0 Å². The van der Waals surface area contributed by atoms with E-state index in [1.807, 2.05) is 24.4 Å². The minimum absolute atomic E-state index is 0.826. The van der Waals surface area contributed by atoms with Crippen LogP contribution in [0.1, 0.15) is 19.7 Å². The van der Waals surface area contributed by atoms with Crippen molar-refractivity contribution >= 4 is 5.82 Å². The van der Waals surface area contributed by atoms with Gasteiger partial charge in [0.1, 0.15) is 11.6 Å². The van der Waals surface area contributed by atoms with E-state index in [2.05, 4.69) is 34.1 Å². The Morgan fingerprint density at radius 1 is 1.24 bits per heavy atom. The third-order valence-electron chi connectivity index (χ3n) is 2.40. The summed E-state index contributed by atoms with van der Waals surface area (Å²) in [6, 6.07) is 5.88. The molecule has 0 unspecified atom stereocenters. The van der Waals surface area contributed by atoms with Crippen LogP contribution in [-0.2, 0) is 6.42 Å². The summed E-state index contributed by atoms with van der Waals surface area (Å²) in [4.78, 5) is 13.0. The summed E-state index contributed by atoms with van der Waals surface area (Å²) in [5, 5.41) is 3.22. The van der Waals surface area contributed by atoms with Gasteiger partial charge in [-0.1, -0.05) is 6.92 Å². The van der Waals surface area contributed by atoms with Crippen LogP contribution in [0.5, 0.6) is 0 Å². The third kappa shape index (κ3) is 2.78. The molecule has 2 aromatic heterocycles. The van der Waals surface area contributed by atoms with Gasteiger partial charge >= 0.3 is 0 Å². The van der Waals surface area contributed by atoms with E-state index < -0.39 is 0 Å². The Morgan fingerprint density at radius 2 is 2.12 bits per heavy atom. The molecule has 0 aliphatic rings. The summed E-state index contributed by atoms with van der Waals surface area (Å²) in [7, 11) is 0. The van der Waals surface area contributed by atoms with E-state index in [1.54, 1.807) is 6.20 Å². The highest BCUT2D eigenvalue weighted by molar-refractivity contribution is 5.61. The standard InChI is InChI=1S/C13H16N4/c1-3-12-16-11(8-13(17-12)15-4-2)10-6-5-7-14-9-10/h5-9H,3-4H2,1-2H3,(H,15,16,17). The number of nitrogens with zero attached hydrogens (tertiary/aromatic N) is 3. The number of nitrogens with one attached hydrogen (secondary N) is 1. The molecule has 17 heavy (non-hydrogen) atoms. The maximum Gasteiger partial charge on any atom is 0.131 e. The monoisotopic (exact) mass is 228 g/mol. The molecule has 0 aromatic carbocycles. The van der Waals surface area contributed by atoms with Crippen molar-refractivity contribution < 1.29 is 0 Å². The van der Waals surface area contributed by atoms with Crippen LogP contribution in [0.3, 0.4) is 0 Å². The number of aromatic nitrogens is 3. The number of rotatable bonds is 4. The smallest absolute Gasteiger partial charge is 0.131 e. The Hall–Kier alpha value is -1.97. The third-order valence-corrected chi connectivity index (χ3v) is 2.40. The van der Waals surface area contributed by atoms with Crippen molar-refractivity contribution in [3.63, 3.8) is 0 Å². The van der Waals surface area contributed by atoms with Crippen LogP contribution < -0.4 is 5.32 Å². The maximum atomic E-state index is 4.51. The molecule has 88 valence electrons. The average Bonchev–Trinajstić information content (AvgIpc) is 2.40. The van der Waals surface area contributed by atoms with Gasteiger partial charge in [-0.05, 0) is 19.1 Å².